The minimum atomic E-state index is -4.55. The van der Waals surface area contributed by atoms with Crippen molar-refractivity contribution in [2.75, 3.05) is 49.6 Å². The fourth-order valence-electron chi connectivity index (χ4n) is 4.91. The molecule has 1 amide bonds. The number of anilines is 2. The van der Waals surface area contributed by atoms with Crippen molar-refractivity contribution in [3.8, 4) is 0 Å². The Kier molecular flexibility index (Phi) is 6.01. The van der Waals surface area contributed by atoms with Crippen molar-refractivity contribution in [1.29, 1.82) is 0 Å². The van der Waals surface area contributed by atoms with Crippen LogP contribution in [0.4, 0.5) is 28.9 Å². The van der Waals surface area contributed by atoms with E-state index in [2.05, 4.69) is 5.32 Å². The highest BCUT2D eigenvalue weighted by molar-refractivity contribution is 7.89. The molecule has 2 aliphatic heterocycles. The molecule has 3 aliphatic rings. The van der Waals surface area contributed by atoms with Gasteiger partial charge in [-0.3, -0.25) is 4.79 Å². The first-order valence-corrected chi connectivity index (χ1v) is 12.6. The molecule has 1 aliphatic carbocycles. The van der Waals surface area contributed by atoms with Gasteiger partial charge in [-0.25, -0.2) is 12.8 Å². The van der Waals surface area contributed by atoms with Gasteiger partial charge < -0.3 is 15.0 Å². The zero-order valence-electron chi connectivity index (χ0n) is 18.5. The molecule has 35 heavy (non-hydrogen) atoms. The predicted molar refractivity (Wildman–Crippen MR) is 119 cm³/mol. The topological polar surface area (TPSA) is 79.0 Å². The Hall–Kier alpha value is -2.70. The zero-order valence-corrected chi connectivity index (χ0v) is 19.3. The van der Waals surface area contributed by atoms with Crippen LogP contribution in [0.15, 0.2) is 47.4 Å². The molecule has 0 spiro atoms. The quantitative estimate of drug-likeness (QED) is 0.622. The van der Waals surface area contributed by atoms with Gasteiger partial charge in [0.2, 0.25) is 15.9 Å². The lowest BCUT2D eigenvalue weighted by molar-refractivity contribution is -0.137. The Labute approximate surface area is 199 Å². The minimum Gasteiger partial charge on any atom is -0.378 e. The van der Waals surface area contributed by atoms with E-state index in [0.29, 0.717) is 37.7 Å². The average Bonchev–Trinajstić information content (AvgIpc) is 3.32. The molecule has 2 aromatic carbocycles. The maximum absolute atomic E-state index is 14.6. The summed E-state index contributed by atoms with van der Waals surface area (Å²) in [6, 6.07) is 7.88. The zero-order chi connectivity index (χ0) is 25.0. The van der Waals surface area contributed by atoms with Crippen LogP contribution in [-0.2, 0) is 25.7 Å². The molecular weight excluding hydrogens is 490 g/mol. The van der Waals surface area contributed by atoms with E-state index in [1.54, 1.807) is 12.1 Å². The van der Waals surface area contributed by atoms with Crippen molar-refractivity contribution in [3.05, 3.63) is 53.8 Å². The van der Waals surface area contributed by atoms with E-state index in [1.165, 1.54) is 10.4 Å². The predicted octanol–water partition coefficient (Wildman–Crippen LogP) is 3.19. The highest BCUT2D eigenvalue weighted by Crippen LogP contribution is 2.53. The average molecular weight is 514 g/mol. The molecule has 1 saturated carbocycles. The minimum absolute atomic E-state index is 0.108. The molecule has 7 nitrogen and oxygen atoms in total. The first-order chi connectivity index (χ1) is 16.6. The number of alkyl halides is 3. The number of morpholine rings is 1. The number of benzene rings is 2. The summed E-state index contributed by atoms with van der Waals surface area (Å²) < 4.78 is 85.0. The smallest absolute Gasteiger partial charge is 0.378 e. The van der Waals surface area contributed by atoms with Crippen LogP contribution in [0, 0.1) is 23.6 Å². The van der Waals surface area contributed by atoms with Gasteiger partial charge in [0.1, 0.15) is 5.82 Å². The van der Waals surface area contributed by atoms with Gasteiger partial charge in [-0.05, 0) is 54.3 Å². The summed E-state index contributed by atoms with van der Waals surface area (Å²) >= 11 is 0. The van der Waals surface area contributed by atoms with Crippen LogP contribution in [0.2, 0.25) is 0 Å². The normalized spacial score (nSPS) is 24.8. The van der Waals surface area contributed by atoms with E-state index in [4.69, 9.17) is 4.74 Å². The number of nitrogens with one attached hydrogen (secondary N) is 1. The third-order valence-electron chi connectivity index (χ3n) is 6.85. The number of ether oxygens (including phenoxy) is 1. The Bertz CT molecular complexity index is 1220. The highest BCUT2D eigenvalue weighted by Gasteiger charge is 2.61. The fourth-order valence-corrected chi connectivity index (χ4v) is 6.42. The number of fused-ring (bicyclic) bond motifs is 1. The Morgan fingerprint density at radius 1 is 1.00 bits per heavy atom. The summed E-state index contributed by atoms with van der Waals surface area (Å²) in [5.74, 6) is -1.51. The summed E-state index contributed by atoms with van der Waals surface area (Å²) in [6.45, 7) is 2.43. The second-order valence-corrected chi connectivity index (χ2v) is 10.9. The number of rotatable bonds is 5. The van der Waals surface area contributed by atoms with Crippen molar-refractivity contribution < 1.29 is 35.5 Å². The van der Waals surface area contributed by atoms with Crippen molar-refractivity contribution in [2.45, 2.75) is 11.1 Å². The van der Waals surface area contributed by atoms with Crippen LogP contribution in [0.5, 0.6) is 0 Å². The number of carbonyl (C=O) groups excluding carboxylic acids is 1. The molecule has 0 bridgehead atoms. The molecule has 2 unspecified atom stereocenters. The first-order valence-electron chi connectivity index (χ1n) is 11.2. The fraction of sp³-hybridized carbons (Fsp3) is 0.435. The van der Waals surface area contributed by atoms with Gasteiger partial charge in [0, 0.05) is 37.8 Å². The first kappa shape index (κ1) is 24.0. The standard InChI is InChI=1S/C23H23F4N3O4S/c24-19-11-15(3-6-20(19)29-7-9-34-10-8-29)28-22(31)21-17-12-30(13-18(17)21)35(32,33)16-4-1-14(2-5-16)23(25,26)27/h1-6,11,17-18,21H,7-10,12-13H2,(H,28,31). The van der Waals surface area contributed by atoms with Crippen LogP contribution in [-0.4, -0.2) is 58.0 Å². The third-order valence-corrected chi connectivity index (χ3v) is 8.70. The van der Waals surface area contributed by atoms with E-state index < -0.39 is 33.5 Å². The number of nitrogens with zero attached hydrogens (tertiary/aromatic N) is 2. The summed E-state index contributed by atoms with van der Waals surface area (Å²) in [6.07, 6.45) is -4.55. The summed E-state index contributed by atoms with van der Waals surface area (Å²) in [5.41, 5.74) is -0.158. The summed E-state index contributed by atoms with van der Waals surface area (Å²) in [7, 11) is -3.96. The number of amides is 1. The van der Waals surface area contributed by atoms with Gasteiger partial charge in [0.25, 0.3) is 0 Å². The molecule has 0 aromatic heterocycles. The molecule has 188 valence electrons. The lowest BCUT2D eigenvalue weighted by Crippen LogP contribution is -2.36. The highest BCUT2D eigenvalue weighted by atomic mass is 32.2. The maximum atomic E-state index is 14.6. The largest absolute Gasteiger partial charge is 0.416 e. The van der Waals surface area contributed by atoms with Gasteiger partial charge in [-0.15, -0.1) is 0 Å². The van der Waals surface area contributed by atoms with E-state index in [1.807, 2.05) is 4.90 Å². The lowest BCUT2D eigenvalue weighted by Gasteiger charge is -2.29. The van der Waals surface area contributed by atoms with Crippen molar-refractivity contribution in [1.82, 2.24) is 4.31 Å². The van der Waals surface area contributed by atoms with Crippen molar-refractivity contribution in [2.24, 2.45) is 17.8 Å². The monoisotopic (exact) mass is 513 g/mol. The van der Waals surface area contributed by atoms with Crippen LogP contribution in [0.25, 0.3) is 0 Å². The number of hydrogen-bond donors (Lipinski definition) is 1. The number of sulfonamides is 1. The molecule has 2 aromatic rings. The van der Waals surface area contributed by atoms with Gasteiger partial charge in [0.05, 0.1) is 29.4 Å². The summed E-state index contributed by atoms with van der Waals surface area (Å²) in [5, 5.41) is 2.71. The molecule has 3 fully saturated rings. The number of carbonyl (C=O) groups is 1. The molecule has 2 heterocycles. The molecule has 12 heteroatoms. The van der Waals surface area contributed by atoms with Gasteiger partial charge >= 0.3 is 6.18 Å². The number of hydrogen-bond acceptors (Lipinski definition) is 5. The Morgan fingerprint density at radius 2 is 1.63 bits per heavy atom. The van der Waals surface area contributed by atoms with E-state index in [9.17, 15) is 30.8 Å². The summed E-state index contributed by atoms with van der Waals surface area (Å²) in [4.78, 5) is 14.4. The SMILES string of the molecule is O=C(Nc1ccc(N2CCOCC2)c(F)c1)C1C2CN(S(=O)(=O)c3ccc(C(F)(F)F)cc3)CC21. The molecule has 2 saturated heterocycles. The molecule has 0 radical (unpaired) electrons. The van der Waals surface area contributed by atoms with Crippen LogP contribution >= 0.6 is 0 Å². The Morgan fingerprint density at radius 3 is 2.20 bits per heavy atom. The van der Waals surface area contributed by atoms with E-state index in [0.717, 1.165) is 24.3 Å². The molecule has 1 N–H and O–H groups in total. The second-order valence-electron chi connectivity index (χ2n) is 8.95. The van der Waals surface area contributed by atoms with Gasteiger partial charge in [-0.1, -0.05) is 0 Å². The molecule has 2 atom stereocenters. The van der Waals surface area contributed by atoms with Crippen molar-refractivity contribution in [3.63, 3.8) is 0 Å². The van der Waals surface area contributed by atoms with Crippen LogP contribution in [0.3, 0.4) is 0 Å². The van der Waals surface area contributed by atoms with Crippen LogP contribution in [0.1, 0.15) is 5.56 Å². The lowest BCUT2D eigenvalue weighted by atomic mass is 10.2. The molecule has 5 rings (SSSR count). The van der Waals surface area contributed by atoms with E-state index in [-0.39, 0.29) is 35.7 Å². The maximum Gasteiger partial charge on any atom is 0.416 e. The second kappa shape index (κ2) is 8.75. The number of piperidine rings is 1. The van der Waals surface area contributed by atoms with Gasteiger partial charge in [0.15, 0.2) is 0 Å². The van der Waals surface area contributed by atoms with Gasteiger partial charge in [-0.2, -0.15) is 17.5 Å². The molecular formula is C23H23F4N3O4S. The third kappa shape index (κ3) is 4.62. The van der Waals surface area contributed by atoms with E-state index >= 15 is 0 Å². The van der Waals surface area contributed by atoms with Crippen LogP contribution < -0.4 is 10.2 Å². The Balaban J connectivity index is 1.19. The van der Waals surface area contributed by atoms with Crippen molar-refractivity contribution >= 4 is 27.3 Å². The number of halogens is 4.